The molecule has 0 saturated heterocycles. The van der Waals surface area contributed by atoms with E-state index >= 15 is 0 Å². The van der Waals surface area contributed by atoms with Crippen molar-refractivity contribution in [1.82, 2.24) is 4.31 Å². The third-order valence-electron chi connectivity index (χ3n) is 3.65. The fraction of sp³-hybridized carbons (Fsp3) is 0.400. The van der Waals surface area contributed by atoms with Crippen LogP contribution in [0.5, 0.6) is 0 Å². The predicted molar refractivity (Wildman–Crippen MR) is 87.9 cm³/mol. The molecule has 7 heteroatoms. The number of benzene rings is 1. The monoisotopic (exact) mass is 341 g/mol. The van der Waals surface area contributed by atoms with E-state index in [-0.39, 0.29) is 11.4 Å². The number of carbonyl (C=O) groups is 1. The van der Waals surface area contributed by atoms with Gasteiger partial charge in [-0.3, -0.25) is 4.79 Å². The number of fused-ring (bicyclic) bond motifs is 1. The average molecular weight is 341 g/mol. The molecule has 2 rings (SSSR count). The van der Waals surface area contributed by atoms with Crippen molar-refractivity contribution in [3.63, 3.8) is 0 Å². The van der Waals surface area contributed by atoms with Crippen molar-refractivity contribution >= 4 is 37.4 Å². The zero-order chi connectivity index (χ0) is 16.7. The van der Waals surface area contributed by atoms with Gasteiger partial charge in [0.2, 0.25) is 10.0 Å². The first kappa shape index (κ1) is 16.9. The minimum Gasteiger partial charge on any atom is -0.481 e. The minimum atomic E-state index is -3.72. The standard InChI is InChI=1S/C15H19NO4S2/c1-9-6-5-7-12-13(9)21-11(3)14(12)22(19,20)16(4)8-10(2)15(17)18/h5-7,10H,8H2,1-4H3,(H,17,18). The number of hydrogen-bond acceptors (Lipinski definition) is 4. The molecule has 0 aliphatic rings. The Morgan fingerprint density at radius 3 is 2.59 bits per heavy atom. The van der Waals surface area contributed by atoms with Crippen LogP contribution in [0.15, 0.2) is 23.1 Å². The number of carboxylic acids is 1. The molecule has 0 radical (unpaired) electrons. The summed E-state index contributed by atoms with van der Waals surface area (Å²) < 4.78 is 27.8. The summed E-state index contributed by atoms with van der Waals surface area (Å²) in [6.45, 7) is 5.17. The Hall–Kier alpha value is -1.44. The molecular formula is C15H19NO4S2. The highest BCUT2D eigenvalue weighted by Crippen LogP contribution is 2.37. The van der Waals surface area contributed by atoms with E-state index in [1.807, 2.05) is 19.1 Å². The third kappa shape index (κ3) is 2.88. The quantitative estimate of drug-likeness (QED) is 0.907. The van der Waals surface area contributed by atoms with Gasteiger partial charge >= 0.3 is 5.97 Å². The Kier molecular flexibility index (Phi) is 4.60. The lowest BCUT2D eigenvalue weighted by Crippen LogP contribution is -2.33. The zero-order valence-electron chi connectivity index (χ0n) is 13.0. The highest BCUT2D eigenvalue weighted by molar-refractivity contribution is 7.89. The molecular weight excluding hydrogens is 322 g/mol. The number of sulfonamides is 1. The van der Waals surface area contributed by atoms with Gasteiger partial charge < -0.3 is 5.11 Å². The van der Waals surface area contributed by atoms with E-state index in [9.17, 15) is 13.2 Å². The van der Waals surface area contributed by atoms with E-state index in [4.69, 9.17) is 5.11 Å². The van der Waals surface area contributed by atoms with Crippen LogP contribution in [-0.2, 0) is 14.8 Å². The number of rotatable bonds is 5. The zero-order valence-corrected chi connectivity index (χ0v) is 14.6. The molecule has 1 N–H and O–H groups in total. The number of aryl methyl sites for hydroxylation is 2. The topological polar surface area (TPSA) is 74.7 Å². The van der Waals surface area contributed by atoms with Gasteiger partial charge in [-0.05, 0) is 19.4 Å². The Morgan fingerprint density at radius 2 is 2.00 bits per heavy atom. The number of hydrogen-bond donors (Lipinski definition) is 1. The third-order valence-corrected chi connectivity index (χ3v) is 7.05. The van der Waals surface area contributed by atoms with Gasteiger partial charge in [-0.1, -0.05) is 25.1 Å². The summed E-state index contributed by atoms with van der Waals surface area (Å²) in [7, 11) is -2.29. The van der Waals surface area contributed by atoms with Gasteiger partial charge in [0.05, 0.1) is 5.92 Å². The molecule has 22 heavy (non-hydrogen) atoms. The van der Waals surface area contributed by atoms with Crippen LogP contribution >= 0.6 is 11.3 Å². The Bertz CT molecular complexity index is 823. The molecule has 0 aliphatic carbocycles. The van der Waals surface area contributed by atoms with Gasteiger partial charge in [-0.15, -0.1) is 11.3 Å². The first-order valence-electron chi connectivity index (χ1n) is 6.84. The summed E-state index contributed by atoms with van der Waals surface area (Å²) in [5, 5.41) is 9.68. The van der Waals surface area contributed by atoms with Crippen LogP contribution in [0.4, 0.5) is 0 Å². The molecule has 1 aromatic heterocycles. The molecule has 2 aromatic rings. The van der Waals surface area contributed by atoms with E-state index < -0.39 is 21.9 Å². The van der Waals surface area contributed by atoms with Crippen LogP contribution in [-0.4, -0.2) is 37.4 Å². The van der Waals surface area contributed by atoms with Crippen LogP contribution in [0.3, 0.4) is 0 Å². The Morgan fingerprint density at radius 1 is 1.36 bits per heavy atom. The molecule has 5 nitrogen and oxygen atoms in total. The van der Waals surface area contributed by atoms with Crippen LogP contribution in [0, 0.1) is 19.8 Å². The maximum Gasteiger partial charge on any atom is 0.307 e. The first-order chi connectivity index (χ1) is 10.2. The van der Waals surface area contributed by atoms with Gasteiger partial charge in [-0.25, -0.2) is 12.7 Å². The Balaban J connectivity index is 2.52. The maximum atomic E-state index is 12.8. The van der Waals surface area contributed by atoms with Gasteiger partial charge in [0.15, 0.2) is 0 Å². The molecule has 1 aromatic carbocycles. The van der Waals surface area contributed by atoms with Crippen LogP contribution in [0.2, 0.25) is 0 Å². The number of aliphatic carboxylic acids is 1. The lowest BCUT2D eigenvalue weighted by molar-refractivity contribution is -0.141. The minimum absolute atomic E-state index is 0.0553. The summed E-state index contributed by atoms with van der Waals surface area (Å²) in [5.74, 6) is -1.77. The normalized spacial score (nSPS) is 13.7. The summed E-state index contributed by atoms with van der Waals surface area (Å²) >= 11 is 1.45. The van der Waals surface area contributed by atoms with Gasteiger partial charge in [0, 0.05) is 28.6 Å². The maximum absolute atomic E-state index is 12.8. The van der Waals surface area contributed by atoms with Gasteiger partial charge in [-0.2, -0.15) is 0 Å². The number of thiophene rings is 1. The Labute approximate surface area is 134 Å². The van der Waals surface area contributed by atoms with Crippen molar-refractivity contribution in [3.8, 4) is 0 Å². The second kappa shape index (κ2) is 5.98. The molecule has 1 atom stereocenters. The molecule has 1 heterocycles. The van der Waals surface area contributed by atoms with E-state index in [1.54, 1.807) is 13.0 Å². The smallest absolute Gasteiger partial charge is 0.307 e. The summed E-state index contributed by atoms with van der Waals surface area (Å²) in [5.41, 5.74) is 1.04. The highest BCUT2D eigenvalue weighted by Gasteiger charge is 2.29. The summed E-state index contributed by atoms with van der Waals surface area (Å²) in [4.78, 5) is 12.0. The first-order valence-corrected chi connectivity index (χ1v) is 9.09. The predicted octanol–water partition coefficient (Wildman–Crippen LogP) is 2.86. The molecule has 0 amide bonds. The fourth-order valence-electron chi connectivity index (χ4n) is 2.39. The fourth-order valence-corrected chi connectivity index (χ4v) is 5.46. The van der Waals surface area contributed by atoms with Crippen molar-refractivity contribution in [2.45, 2.75) is 25.7 Å². The van der Waals surface area contributed by atoms with Gasteiger partial charge in [0.1, 0.15) is 4.90 Å². The van der Waals surface area contributed by atoms with Crippen LogP contribution < -0.4 is 0 Å². The largest absolute Gasteiger partial charge is 0.481 e. The number of nitrogens with zero attached hydrogens (tertiary/aromatic N) is 1. The van der Waals surface area contributed by atoms with E-state index in [0.717, 1.165) is 19.4 Å². The van der Waals surface area contributed by atoms with Crippen molar-refractivity contribution in [2.75, 3.05) is 13.6 Å². The van der Waals surface area contributed by atoms with Crippen LogP contribution in [0.25, 0.3) is 10.1 Å². The number of carboxylic acid groups (broad SMARTS) is 1. The molecule has 0 spiro atoms. The summed E-state index contributed by atoms with van der Waals surface area (Å²) in [6.07, 6.45) is 0. The molecule has 1 unspecified atom stereocenters. The molecule has 0 aliphatic heterocycles. The summed E-state index contributed by atoms with van der Waals surface area (Å²) in [6, 6.07) is 5.58. The molecule has 0 bridgehead atoms. The second-order valence-electron chi connectivity index (χ2n) is 5.46. The molecule has 0 saturated carbocycles. The average Bonchev–Trinajstić information content (AvgIpc) is 2.76. The molecule has 0 fully saturated rings. The van der Waals surface area contributed by atoms with Crippen molar-refractivity contribution in [2.24, 2.45) is 5.92 Å². The van der Waals surface area contributed by atoms with Crippen molar-refractivity contribution < 1.29 is 18.3 Å². The van der Waals surface area contributed by atoms with Crippen molar-refractivity contribution in [1.29, 1.82) is 0 Å². The SMILES string of the molecule is Cc1sc2c(C)cccc2c1S(=O)(=O)N(C)CC(C)C(=O)O. The lowest BCUT2D eigenvalue weighted by Gasteiger charge is -2.19. The second-order valence-corrected chi connectivity index (χ2v) is 8.67. The van der Waals surface area contributed by atoms with Crippen LogP contribution in [0.1, 0.15) is 17.4 Å². The van der Waals surface area contributed by atoms with E-state index in [0.29, 0.717) is 5.39 Å². The van der Waals surface area contributed by atoms with Crippen molar-refractivity contribution in [3.05, 3.63) is 28.6 Å². The van der Waals surface area contributed by atoms with E-state index in [2.05, 4.69) is 0 Å². The lowest BCUT2D eigenvalue weighted by atomic mass is 10.2. The molecule has 120 valence electrons. The van der Waals surface area contributed by atoms with E-state index in [1.165, 1.54) is 25.3 Å². The van der Waals surface area contributed by atoms with Gasteiger partial charge in [0.25, 0.3) is 0 Å². The highest BCUT2D eigenvalue weighted by atomic mass is 32.2.